The summed E-state index contributed by atoms with van der Waals surface area (Å²) in [6, 6.07) is 0. The van der Waals surface area contributed by atoms with Crippen LogP contribution in [0.3, 0.4) is 0 Å². The normalized spacial score (nSPS) is 12.2. The molecule has 0 fully saturated rings. The van der Waals surface area contributed by atoms with E-state index in [-0.39, 0.29) is 18.2 Å². The lowest BCUT2D eigenvalue weighted by Crippen LogP contribution is -2.30. The highest BCUT2D eigenvalue weighted by Crippen LogP contribution is 2.12. The third-order valence-electron chi connectivity index (χ3n) is 3.49. The van der Waals surface area contributed by atoms with Crippen molar-refractivity contribution >= 4 is 11.9 Å². The molecule has 1 unspecified atom stereocenters. The molecular formula is C14H23N3O3. The zero-order valence-electron chi connectivity index (χ0n) is 12.6. The summed E-state index contributed by atoms with van der Waals surface area (Å²) in [7, 11) is 1.86. The number of aromatic nitrogens is 2. The van der Waals surface area contributed by atoms with E-state index in [9.17, 15) is 9.59 Å². The molecule has 0 aliphatic rings. The predicted octanol–water partition coefficient (Wildman–Crippen LogP) is 1.20. The zero-order valence-corrected chi connectivity index (χ0v) is 12.6. The van der Waals surface area contributed by atoms with Crippen LogP contribution >= 0.6 is 0 Å². The van der Waals surface area contributed by atoms with Crippen molar-refractivity contribution in [1.82, 2.24) is 15.1 Å². The lowest BCUT2D eigenvalue weighted by atomic mass is 10.1. The van der Waals surface area contributed by atoms with Gasteiger partial charge in [-0.15, -0.1) is 0 Å². The molecule has 1 aromatic heterocycles. The summed E-state index contributed by atoms with van der Waals surface area (Å²) < 4.78 is 1.77. The van der Waals surface area contributed by atoms with Gasteiger partial charge in [0.2, 0.25) is 5.91 Å². The van der Waals surface area contributed by atoms with Gasteiger partial charge < -0.3 is 10.4 Å². The number of carboxylic acids is 1. The molecule has 1 rings (SSSR count). The molecule has 1 atom stereocenters. The van der Waals surface area contributed by atoms with E-state index in [1.54, 1.807) is 4.68 Å². The van der Waals surface area contributed by atoms with Gasteiger partial charge in [-0.2, -0.15) is 5.10 Å². The third kappa shape index (κ3) is 4.68. The van der Waals surface area contributed by atoms with Crippen LogP contribution in [0.15, 0.2) is 0 Å². The summed E-state index contributed by atoms with van der Waals surface area (Å²) in [5.74, 6) is -0.692. The van der Waals surface area contributed by atoms with Crippen LogP contribution < -0.4 is 5.32 Å². The summed E-state index contributed by atoms with van der Waals surface area (Å²) in [6.07, 6.45) is 1.02. The molecule has 2 N–H and O–H groups in total. The van der Waals surface area contributed by atoms with Crippen molar-refractivity contribution in [2.75, 3.05) is 6.54 Å². The Kier molecular flexibility index (Phi) is 5.73. The number of amides is 1. The van der Waals surface area contributed by atoms with Crippen molar-refractivity contribution < 1.29 is 14.7 Å². The Balaban J connectivity index is 2.42. The molecule has 0 radical (unpaired) electrons. The number of carbonyl (C=O) groups is 2. The van der Waals surface area contributed by atoms with Gasteiger partial charge >= 0.3 is 5.97 Å². The van der Waals surface area contributed by atoms with Gasteiger partial charge in [-0.25, -0.2) is 0 Å². The lowest BCUT2D eigenvalue weighted by molar-refractivity contribution is -0.137. The average molecular weight is 281 g/mol. The first-order chi connectivity index (χ1) is 9.31. The topological polar surface area (TPSA) is 84.2 Å². The van der Waals surface area contributed by atoms with E-state index in [0.29, 0.717) is 19.4 Å². The van der Waals surface area contributed by atoms with Gasteiger partial charge in [0.25, 0.3) is 0 Å². The Hall–Kier alpha value is -1.85. The van der Waals surface area contributed by atoms with Crippen molar-refractivity contribution in [3.8, 4) is 0 Å². The average Bonchev–Trinajstić information content (AvgIpc) is 2.60. The van der Waals surface area contributed by atoms with E-state index in [1.165, 1.54) is 0 Å². The second kappa shape index (κ2) is 7.07. The first-order valence-electron chi connectivity index (χ1n) is 6.78. The Morgan fingerprint density at radius 2 is 2.05 bits per heavy atom. The van der Waals surface area contributed by atoms with Crippen LogP contribution in [-0.4, -0.2) is 33.3 Å². The number of aryl methyl sites for hydroxylation is 2. The first kappa shape index (κ1) is 16.2. The number of aliphatic carboxylic acids is 1. The SMILES string of the molecule is Cc1nn(C)c(C)c1CC(=O)NCC(C)CCC(=O)O. The number of hydrogen-bond acceptors (Lipinski definition) is 3. The first-order valence-corrected chi connectivity index (χ1v) is 6.78. The second-order valence-corrected chi connectivity index (χ2v) is 5.29. The fraction of sp³-hybridized carbons (Fsp3) is 0.643. The number of carbonyl (C=O) groups excluding carboxylic acids is 1. The van der Waals surface area contributed by atoms with Gasteiger partial charge in [0.15, 0.2) is 0 Å². The van der Waals surface area contributed by atoms with Gasteiger partial charge in [-0.3, -0.25) is 14.3 Å². The van der Waals surface area contributed by atoms with E-state index in [0.717, 1.165) is 17.0 Å². The molecule has 0 aliphatic heterocycles. The highest BCUT2D eigenvalue weighted by Gasteiger charge is 2.14. The maximum absolute atomic E-state index is 11.9. The van der Waals surface area contributed by atoms with Crippen LogP contribution in [0.4, 0.5) is 0 Å². The molecule has 0 spiro atoms. The number of nitrogens with zero attached hydrogens (tertiary/aromatic N) is 2. The molecule has 0 saturated carbocycles. The van der Waals surface area contributed by atoms with Crippen LogP contribution in [0.5, 0.6) is 0 Å². The fourth-order valence-corrected chi connectivity index (χ4v) is 2.06. The number of rotatable bonds is 7. The Labute approximate surface area is 119 Å². The zero-order chi connectivity index (χ0) is 15.3. The number of hydrogen-bond donors (Lipinski definition) is 2. The minimum Gasteiger partial charge on any atom is -0.481 e. The lowest BCUT2D eigenvalue weighted by Gasteiger charge is -2.11. The molecule has 0 aromatic carbocycles. The van der Waals surface area contributed by atoms with Gasteiger partial charge in [-0.05, 0) is 26.2 Å². The summed E-state index contributed by atoms with van der Waals surface area (Å²) in [4.78, 5) is 22.4. The Bertz CT molecular complexity index is 494. The van der Waals surface area contributed by atoms with Crippen molar-refractivity contribution in [1.29, 1.82) is 0 Å². The van der Waals surface area contributed by atoms with Crippen LogP contribution in [0, 0.1) is 19.8 Å². The largest absolute Gasteiger partial charge is 0.481 e. The minimum absolute atomic E-state index is 0.0497. The summed E-state index contributed by atoms with van der Waals surface area (Å²) in [6.45, 7) is 6.28. The van der Waals surface area contributed by atoms with E-state index in [4.69, 9.17) is 5.11 Å². The summed E-state index contributed by atoms with van der Waals surface area (Å²) in [5.41, 5.74) is 2.83. The molecule has 0 bridgehead atoms. The van der Waals surface area contributed by atoms with Crippen molar-refractivity contribution in [2.24, 2.45) is 13.0 Å². The van der Waals surface area contributed by atoms with Gasteiger partial charge in [-0.1, -0.05) is 6.92 Å². The van der Waals surface area contributed by atoms with Gasteiger partial charge in [0, 0.05) is 31.3 Å². The summed E-state index contributed by atoms with van der Waals surface area (Å²) >= 11 is 0. The Morgan fingerprint density at radius 1 is 1.40 bits per heavy atom. The third-order valence-corrected chi connectivity index (χ3v) is 3.49. The minimum atomic E-state index is -0.801. The molecule has 0 saturated heterocycles. The fourth-order valence-electron chi connectivity index (χ4n) is 2.06. The van der Waals surface area contributed by atoms with Crippen LogP contribution in [0.2, 0.25) is 0 Å². The highest BCUT2D eigenvalue weighted by atomic mass is 16.4. The van der Waals surface area contributed by atoms with Crippen LogP contribution in [-0.2, 0) is 23.1 Å². The molecule has 0 aliphatic carbocycles. The molecular weight excluding hydrogens is 258 g/mol. The molecule has 6 heteroatoms. The van der Waals surface area contributed by atoms with E-state index in [2.05, 4.69) is 10.4 Å². The maximum atomic E-state index is 11.9. The molecule has 1 amide bonds. The van der Waals surface area contributed by atoms with Crippen molar-refractivity contribution in [2.45, 2.75) is 40.0 Å². The van der Waals surface area contributed by atoms with E-state index >= 15 is 0 Å². The van der Waals surface area contributed by atoms with Gasteiger partial charge in [0.1, 0.15) is 0 Å². The highest BCUT2D eigenvalue weighted by molar-refractivity contribution is 5.79. The molecule has 112 valence electrons. The molecule has 1 heterocycles. The summed E-state index contributed by atoms with van der Waals surface area (Å²) in [5, 5.41) is 15.7. The molecule has 6 nitrogen and oxygen atoms in total. The standard InChI is InChI=1S/C14H23N3O3/c1-9(5-6-14(19)20)8-15-13(18)7-12-10(2)16-17(4)11(12)3/h9H,5-8H2,1-4H3,(H,15,18)(H,19,20). The van der Waals surface area contributed by atoms with Crippen LogP contribution in [0.1, 0.15) is 36.7 Å². The van der Waals surface area contributed by atoms with Crippen molar-refractivity contribution in [3.05, 3.63) is 17.0 Å². The van der Waals surface area contributed by atoms with Crippen LogP contribution in [0.25, 0.3) is 0 Å². The van der Waals surface area contributed by atoms with Gasteiger partial charge in [0.05, 0.1) is 12.1 Å². The maximum Gasteiger partial charge on any atom is 0.303 e. The quantitative estimate of drug-likeness (QED) is 0.786. The molecule has 20 heavy (non-hydrogen) atoms. The Morgan fingerprint density at radius 3 is 2.55 bits per heavy atom. The van der Waals surface area contributed by atoms with E-state index in [1.807, 2.05) is 27.8 Å². The monoisotopic (exact) mass is 281 g/mol. The van der Waals surface area contributed by atoms with Crippen molar-refractivity contribution in [3.63, 3.8) is 0 Å². The number of carboxylic acid groups (broad SMARTS) is 1. The predicted molar refractivity (Wildman–Crippen MR) is 75.4 cm³/mol. The molecule has 1 aromatic rings. The number of nitrogens with one attached hydrogen (secondary N) is 1. The second-order valence-electron chi connectivity index (χ2n) is 5.29. The smallest absolute Gasteiger partial charge is 0.303 e. The van der Waals surface area contributed by atoms with E-state index < -0.39 is 5.97 Å².